The van der Waals surface area contributed by atoms with E-state index in [2.05, 4.69) is 20.7 Å². The van der Waals surface area contributed by atoms with Crippen LogP contribution in [0, 0.1) is 11.8 Å². The molecule has 0 saturated carbocycles. The van der Waals surface area contributed by atoms with Crippen molar-refractivity contribution in [3.8, 4) is 0 Å². The first kappa shape index (κ1) is 10.5. The van der Waals surface area contributed by atoms with E-state index in [9.17, 15) is 4.91 Å². The van der Waals surface area contributed by atoms with Gasteiger partial charge in [-0.15, -0.1) is 4.91 Å². The average Bonchev–Trinajstić information content (AvgIpc) is 1.88. The Balaban J connectivity index is 0.000001000. The van der Waals surface area contributed by atoms with Crippen molar-refractivity contribution in [1.82, 2.24) is 9.97 Å². The minimum Gasteiger partial charge on any atom is -0.220 e. The molecule has 0 aliphatic heterocycles. The summed E-state index contributed by atoms with van der Waals surface area (Å²) in [6, 6.07) is 1.73. The second kappa shape index (κ2) is 5.17. The van der Waals surface area contributed by atoms with Crippen molar-refractivity contribution in [3.05, 3.63) is 22.9 Å². The van der Waals surface area contributed by atoms with E-state index in [0.717, 1.165) is 5.69 Å². The Kier molecular flexibility index (Phi) is 4.93. The number of rotatable bonds is 2. The van der Waals surface area contributed by atoms with Crippen molar-refractivity contribution in [2.75, 3.05) is 5.43 Å². The standard InChI is InChI=1S/C5H6N4O.Na/c1-4-2-3-6-5(7-4)8-9-10;/h2-3H,1H3,(H,6,7,8,10);/q;+1. The van der Waals surface area contributed by atoms with Crippen LogP contribution in [-0.2, 0) is 0 Å². The maximum Gasteiger partial charge on any atom is 1.00 e. The van der Waals surface area contributed by atoms with Gasteiger partial charge in [-0.25, -0.2) is 15.4 Å². The Morgan fingerprint density at radius 2 is 2.36 bits per heavy atom. The topological polar surface area (TPSA) is 67.2 Å². The Bertz CT molecular complexity index is 242. The summed E-state index contributed by atoms with van der Waals surface area (Å²) in [6.07, 6.45) is 1.55. The second-order valence-electron chi connectivity index (χ2n) is 1.72. The number of nitrogens with zero attached hydrogens (tertiary/aromatic N) is 3. The summed E-state index contributed by atoms with van der Waals surface area (Å²) in [5.41, 5.74) is 2.89. The van der Waals surface area contributed by atoms with Crippen molar-refractivity contribution in [2.45, 2.75) is 6.92 Å². The van der Waals surface area contributed by atoms with E-state index in [4.69, 9.17) is 0 Å². The Labute approximate surface area is 85.9 Å². The third kappa shape index (κ3) is 3.41. The molecule has 0 radical (unpaired) electrons. The fourth-order valence-electron chi connectivity index (χ4n) is 0.544. The van der Waals surface area contributed by atoms with Crippen molar-refractivity contribution < 1.29 is 29.6 Å². The predicted molar refractivity (Wildman–Crippen MR) is 36.2 cm³/mol. The number of nitroso groups, excluding NO2 is 1. The molecule has 1 aromatic rings. The van der Waals surface area contributed by atoms with E-state index in [1.54, 1.807) is 19.2 Å². The van der Waals surface area contributed by atoms with Gasteiger partial charge in [-0.1, -0.05) is 0 Å². The molecule has 1 rings (SSSR count). The molecule has 0 aliphatic rings. The van der Waals surface area contributed by atoms with Gasteiger partial charge in [0.2, 0.25) is 5.95 Å². The molecule has 52 valence electrons. The first-order valence-corrected chi connectivity index (χ1v) is 2.71. The third-order valence-corrected chi connectivity index (χ3v) is 0.940. The van der Waals surface area contributed by atoms with Crippen LogP contribution in [0.4, 0.5) is 5.95 Å². The quantitative estimate of drug-likeness (QED) is 0.306. The molecular formula is C5H6N4NaO+. The van der Waals surface area contributed by atoms with Gasteiger partial charge in [-0.2, -0.15) is 0 Å². The molecular weight excluding hydrogens is 155 g/mol. The van der Waals surface area contributed by atoms with Crippen LogP contribution in [0.2, 0.25) is 0 Å². The molecule has 0 fully saturated rings. The Morgan fingerprint density at radius 1 is 1.64 bits per heavy atom. The average molecular weight is 161 g/mol. The van der Waals surface area contributed by atoms with Gasteiger partial charge in [0.05, 0.1) is 5.29 Å². The van der Waals surface area contributed by atoms with Crippen molar-refractivity contribution in [3.63, 3.8) is 0 Å². The number of aromatic nitrogens is 2. The fourth-order valence-corrected chi connectivity index (χ4v) is 0.544. The molecule has 0 bridgehead atoms. The molecule has 0 spiro atoms. The number of aryl methyl sites for hydroxylation is 1. The zero-order valence-electron chi connectivity index (χ0n) is 6.40. The molecule has 6 heteroatoms. The van der Waals surface area contributed by atoms with E-state index in [0.29, 0.717) is 0 Å². The first-order chi connectivity index (χ1) is 4.83. The third-order valence-electron chi connectivity index (χ3n) is 0.940. The molecule has 1 aromatic heterocycles. The minimum absolute atomic E-state index is 0. The van der Waals surface area contributed by atoms with Crippen LogP contribution in [0.5, 0.6) is 0 Å². The number of hydrogen-bond donors (Lipinski definition) is 1. The maximum atomic E-state index is 9.64. The summed E-state index contributed by atoms with van der Waals surface area (Å²) in [7, 11) is 0. The van der Waals surface area contributed by atoms with Crippen LogP contribution in [0.3, 0.4) is 0 Å². The zero-order chi connectivity index (χ0) is 7.40. The van der Waals surface area contributed by atoms with Crippen LogP contribution in [0.15, 0.2) is 17.5 Å². The second-order valence-corrected chi connectivity index (χ2v) is 1.72. The van der Waals surface area contributed by atoms with Crippen LogP contribution in [-0.4, -0.2) is 9.97 Å². The van der Waals surface area contributed by atoms with Gasteiger partial charge in [0.1, 0.15) is 0 Å². The SMILES string of the molecule is Cc1ccnc(NN=O)n1.[Na+]. The van der Waals surface area contributed by atoms with Crippen LogP contribution in [0.25, 0.3) is 0 Å². The predicted octanol–water partition coefficient (Wildman–Crippen LogP) is -2.12. The molecule has 0 aliphatic carbocycles. The van der Waals surface area contributed by atoms with E-state index < -0.39 is 0 Å². The van der Waals surface area contributed by atoms with E-state index in [1.807, 2.05) is 0 Å². The van der Waals surface area contributed by atoms with Crippen LogP contribution < -0.4 is 35.0 Å². The van der Waals surface area contributed by atoms with Crippen LogP contribution >= 0.6 is 0 Å². The van der Waals surface area contributed by atoms with Gasteiger partial charge < -0.3 is 0 Å². The van der Waals surface area contributed by atoms with E-state index in [-0.39, 0.29) is 35.5 Å². The van der Waals surface area contributed by atoms with Gasteiger partial charge in [0, 0.05) is 11.9 Å². The van der Waals surface area contributed by atoms with E-state index >= 15 is 0 Å². The molecule has 0 amide bonds. The number of hydrogen-bond acceptors (Lipinski definition) is 4. The summed E-state index contributed by atoms with van der Waals surface area (Å²) in [6.45, 7) is 1.80. The normalized spacial score (nSPS) is 8.09. The fraction of sp³-hybridized carbons (Fsp3) is 0.200. The van der Waals surface area contributed by atoms with Crippen molar-refractivity contribution in [1.29, 1.82) is 0 Å². The number of nitrogens with one attached hydrogen (secondary N) is 1. The molecule has 11 heavy (non-hydrogen) atoms. The summed E-state index contributed by atoms with van der Waals surface area (Å²) in [4.78, 5) is 17.2. The van der Waals surface area contributed by atoms with Gasteiger partial charge in [0.15, 0.2) is 0 Å². The smallest absolute Gasteiger partial charge is 0.220 e. The zero-order valence-corrected chi connectivity index (χ0v) is 8.40. The van der Waals surface area contributed by atoms with Gasteiger partial charge in [0.25, 0.3) is 0 Å². The monoisotopic (exact) mass is 161 g/mol. The molecule has 0 aromatic carbocycles. The molecule has 5 nitrogen and oxygen atoms in total. The summed E-state index contributed by atoms with van der Waals surface area (Å²) in [5, 5.41) is 2.42. The first-order valence-electron chi connectivity index (χ1n) is 2.71. The molecule has 1 heterocycles. The molecule has 0 atom stereocenters. The Hall–Kier alpha value is -0.520. The van der Waals surface area contributed by atoms with Gasteiger partial charge in [-0.3, -0.25) is 0 Å². The molecule has 0 unspecified atom stereocenters. The van der Waals surface area contributed by atoms with Gasteiger partial charge in [-0.05, 0) is 13.0 Å². The van der Waals surface area contributed by atoms with Crippen molar-refractivity contribution >= 4 is 5.95 Å². The summed E-state index contributed by atoms with van der Waals surface area (Å²) in [5.74, 6) is 0.231. The summed E-state index contributed by atoms with van der Waals surface area (Å²) < 4.78 is 0. The van der Waals surface area contributed by atoms with E-state index in [1.165, 1.54) is 0 Å². The van der Waals surface area contributed by atoms with Crippen molar-refractivity contribution in [2.24, 2.45) is 5.29 Å². The maximum absolute atomic E-state index is 9.64. The molecule has 1 N–H and O–H groups in total. The summed E-state index contributed by atoms with van der Waals surface area (Å²) >= 11 is 0. The minimum atomic E-state index is 0. The van der Waals surface area contributed by atoms with Gasteiger partial charge >= 0.3 is 29.6 Å². The Morgan fingerprint density at radius 3 is 2.91 bits per heavy atom. The largest absolute Gasteiger partial charge is 1.00 e. The number of anilines is 1. The van der Waals surface area contributed by atoms with Crippen LogP contribution in [0.1, 0.15) is 5.69 Å². The molecule has 0 saturated heterocycles.